The summed E-state index contributed by atoms with van der Waals surface area (Å²) < 4.78 is 4.85. The van der Waals surface area contributed by atoms with E-state index in [0.29, 0.717) is 19.7 Å². The van der Waals surface area contributed by atoms with Crippen LogP contribution in [0.1, 0.15) is 12.8 Å². The molecule has 0 spiro atoms. The lowest BCUT2D eigenvalue weighted by atomic mass is 10.3. The molecule has 0 bridgehead atoms. The molecule has 6 heteroatoms. The molecule has 3 N–H and O–H groups in total. The topological polar surface area (TPSA) is 84.7 Å². The van der Waals surface area contributed by atoms with Crippen molar-refractivity contribution in [3.63, 3.8) is 0 Å². The van der Waals surface area contributed by atoms with Crippen LogP contribution in [-0.2, 0) is 14.3 Å². The van der Waals surface area contributed by atoms with Crippen LogP contribution in [0.4, 0.5) is 0 Å². The van der Waals surface area contributed by atoms with Crippen molar-refractivity contribution in [3.8, 4) is 0 Å². The molecule has 0 rings (SSSR count). The van der Waals surface area contributed by atoms with E-state index in [1.54, 1.807) is 14.2 Å². The first-order chi connectivity index (χ1) is 7.61. The second-order valence-electron chi connectivity index (χ2n) is 3.48. The van der Waals surface area contributed by atoms with Crippen LogP contribution in [-0.4, -0.2) is 57.1 Å². The Morgan fingerprint density at radius 3 is 2.69 bits per heavy atom. The van der Waals surface area contributed by atoms with Crippen molar-refractivity contribution >= 4 is 11.8 Å². The van der Waals surface area contributed by atoms with E-state index in [9.17, 15) is 9.59 Å². The minimum atomic E-state index is -0.163. The number of nitrogens with one attached hydrogen (secondary N) is 1. The van der Waals surface area contributed by atoms with Crippen molar-refractivity contribution in [2.24, 2.45) is 5.73 Å². The van der Waals surface area contributed by atoms with Crippen LogP contribution in [0.2, 0.25) is 0 Å². The highest BCUT2D eigenvalue weighted by Gasteiger charge is 2.11. The molecule has 0 atom stereocenters. The minimum Gasteiger partial charge on any atom is -0.385 e. The maximum Gasteiger partial charge on any atom is 0.239 e. The number of nitrogens with zero attached hydrogens (tertiary/aromatic N) is 1. The number of hydrogen-bond donors (Lipinski definition) is 2. The lowest BCUT2D eigenvalue weighted by Gasteiger charge is -2.16. The lowest BCUT2D eigenvalue weighted by molar-refractivity contribution is -0.134. The Balaban J connectivity index is 3.65. The number of likely N-dealkylation sites (N-methyl/N-ethyl adjacent to an activating group) is 1. The van der Waals surface area contributed by atoms with Crippen LogP contribution in [0.15, 0.2) is 0 Å². The normalized spacial score (nSPS) is 9.94. The van der Waals surface area contributed by atoms with Gasteiger partial charge in [0, 0.05) is 40.3 Å². The lowest BCUT2D eigenvalue weighted by Crippen LogP contribution is -2.39. The molecule has 0 fully saturated rings. The van der Waals surface area contributed by atoms with Crippen molar-refractivity contribution in [1.82, 2.24) is 10.2 Å². The fourth-order valence-electron chi connectivity index (χ4n) is 1.12. The van der Waals surface area contributed by atoms with E-state index in [0.717, 1.165) is 6.42 Å². The fraction of sp³-hybridized carbons (Fsp3) is 0.800. The van der Waals surface area contributed by atoms with Gasteiger partial charge in [-0.05, 0) is 6.42 Å². The number of ether oxygens (including phenoxy) is 1. The summed E-state index contributed by atoms with van der Waals surface area (Å²) in [5.74, 6) is -0.279. The molecule has 16 heavy (non-hydrogen) atoms. The Bertz CT molecular complexity index is 221. The number of methoxy groups -OCH3 is 1. The van der Waals surface area contributed by atoms with Gasteiger partial charge in [0.25, 0.3) is 0 Å². The Morgan fingerprint density at radius 2 is 2.12 bits per heavy atom. The van der Waals surface area contributed by atoms with Crippen molar-refractivity contribution in [2.75, 3.05) is 40.4 Å². The molecule has 0 unspecified atom stereocenters. The van der Waals surface area contributed by atoms with Crippen molar-refractivity contribution in [1.29, 1.82) is 0 Å². The highest BCUT2D eigenvalue weighted by Crippen LogP contribution is 1.89. The van der Waals surface area contributed by atoms with Crippen LogP contribution in [0.3, 0.4) is 0 Å². The summed E-state index contributed by atoms with van der Waals surface area (Å²) in [5, 5.41) is 2.70. The van der Waals surface area contributed by atoms with E-state index in [-0.39, 0.29) is 24.8 Å². The molecule has 0 aromatic rings. The molecule has 0 aliphatic heterocycles. The average molecular weight is 231 g/mol. The van der Waals surface area contributed by atoms with E-state index in [1.807, 2.05) is 0 Å². The van der Waals surface area contributed by atoms with E-state index in [2.05, 4.69) is 5.32 Å². The fourth-order valence-corrected chi connectivity index (χ4v) is 1.12. The molecule has 0 saturated carbocycles. The summed E-state index contributed by atoms with van der Waals surface area (Å²) in [6, 6.07) is 0. The van der Waals surface area contributed by atoms with Crippen molar-refractivity contribution in [3.05, 3.63) is 0 Å². The summed E-state index contributed by atoms with van der Waals surface area (Å²) in [7, 11) is 3.20. The van der Waals surface area contributed by atoms with Gasteiger partial charge in [-0.25, -0.2) is 0 Å². The van der Waals surface area contributed by atoms with Gasteiger partial charge < -0.3 is 20.7 Å². The first kappa shape index (κ1) is 14.9. The molecule has 6 nitrogen and oxygen atoms in total. The molecule has 94 valence electrons. The van der Waals surface area contributed by atoms with Crippen LogP contribution >= 0.6 is 0 Å². The van der Waals surface area contributed by atoms with Gasteiger partial charge in [-0.3, -0.25) is 9.59 Å². The van der Waals surface area contributed by atoms with Crippen LogP contribution in [0.25, 0.3) is 0 Å². The summed E-state index contributed by atoms with van der Waals surface area (Å²) in [5.41, 5.74) is 5.25. The van der Waals surface area contributed by atoms with Gasteiger partial charge in [-0.1, -0.05) is 0 Å². The zero-order chi connectivity index (χ0) is 12.4. The number of carbonyl (C=O) groups is 2. The second-order valence-corrected chi connectivity index (χ2v) is 3.48. The first-order valence-electron chi connectivity index (χ1n) is 5.31. The average Bonchev–Trinajstić information content (AvgIpc) is 2.24. The highest BCUT2D eigenvalue weighted by atomic mass is 16.5. The van der Waals surface area contributed by atoms with Crippen molar-refractivity contribution in [2.45, 2.75) is 12.8 Å². The summed E-state index contributed by atoms with van der Waals surface area (Å²) in [4.78, 5) is 24.0. The first-order valence-corrected chi connectivity index (χ1v) is 5.31. The number of nitrogens with two attached hydrogens (primary N) is 1. The number of carbonyl (C=O) groups excluding carboxylic acids is 2. The smallest absolute Gasteiger partial charge is 0.239 e. The Labute approximate surface area is 96.1 Å². The van der Waals surface area contributed by atoms with Crippen LogP contribution < -0.4 is 11.1 Å². The van der Waals surface area contributed by atoms with E-state index in [1.165, 1.54) is 4.90 Å². The molecular weight excluding hydrogens is 210 g/mol. The van der Waals surface area contributed by atoms with E-state index in [4.69, 9.17) is 10.5 Å². The zero-order valence-electron chi connectivity index (χ0n) is 9.99. The quantitative estimate of drug-likeness (QED) is 0.522. The Hall–Kier alpha value is -1.14. The third-order valence-corrected chi connectivity index (χ3v) is 2.01. The predicted octanol–water partition coefficient (Wildman–Crippen LogP) is -1.05. The number of hydrogen-bond acceptors (Lipinski definition) is 4. The zero-order valence-corrected chi connectivity index (χ0v) is 9.99. The van der Waals surface area contributed by atoms with Gasteiger partial charge in [0.2, 0.25) is 11.8 Å². The van der Waals surface area contributed by atoms with Crippen LogP contribution in [0, 0.1) is 0 Å². The molecule has 2 amide bonds. The van der Waals surface area contributed by atoms with Gasteiger partial charge >= 0.3 is 0 Å². The molecule has 0 aromatic heterocycles. The van der Waals surface area contributed by atoms with Gasteiger partial charge in [0.05, 0.1) is 6.54 Å². The SMILES string of the molecule is COCCCNC(=O)CN(C)C(=O)CCN. The molecule has 0 aromatic carbocycles. The van der Waals surface area contributed by atoms with Gasteiger partial charge in [-0.15, -0.1) is 0 Å². The largest absolute Gasteiger partial charge is 0.385 e. The number of rotatable bonds is 8. The highest BCUT2D eigenvalue weighted by molar-refractivity contribution is 5.84. The Kier molecular flexibility index (Phi) is 8.46. The third-order valence-electron chi connectivity index (χ3n) is 2.01. The van der Waals surface area contributed by atoms with E-state index < -0.39 is 0 Å². The molecule has 0 saturated heterocycles. The van der Waals surface area contributed by atoms with Gasteiger partial charge in [0.15, 0.2) is 0 Å². The maximum absolute atomic E-state index is 11.3. The summed E-state index contributed by atoms with van der Waals surface area (Å²) in [6.07, 6.45) is 1.04. The Morgan fingerprint density at radius 1 is 1.44 bits per heavy atom. The number of amides is 2. The summed E-state index contributed by atoms with van der Waals surface area (Å²) >= 11 is 0. The second kappa shape index (κ2) is 9.11. The van der Waals surface area contributed by atoms with Crippen LogP contribution in [0.5, 0.6) is 0 Å². The summed E-state index contributed by atoms with van der Waals surface area (Å²) in [6.45, 7) is 1.55. The van der Waals surface area contributed by atoms with Gasteiger partial charge in [-0.2, -0.15) is 0 Å². The monoisotopic (exact) mass is 231 g/mol. The standard InChI is InChI=1S/C10H21N3O3/c1-13(10(15)4-5-11)8-9(14)12-6-3-7-16-2/h3-8,11H2,1-2H3,(H,12,14). The molecular formula is C10H21N3O3. The molecule has 0 radical (unpaired) electrons. The predicted molar refractivity (Wildman–Crippen MR) is 60.8 cm³/mol. The molecule has 0 aliphatic carbocycles. The molecule has 0 aliphatic rings. The van der Waals surface area contributed by atoms with E-state index >= 15 is 0 Å². The van der Waals surface area contributed by atoms with Gasteiger partial charge in [0.1, 0.15) is 0 Å². The van der Waals surface area contributed by atoms with Crippen molar-refractivity contribution < 1.29 is 14.3 Å². The minimum absolute atomic E-state index is 0.0752. The third kappa shape index (κ3) is 7.19. The molecule has 0 heterocycles. The maximum atomic E-state index is 11.3.